The van der Waals surface area contributed by atoms with Crippen LogP contribution >= 0.6 is 0 Å². The molecule has 0 spiro atoms. The summed E-state index contributed by atoms with van der Waals surface area (Å²) < 4.78 is 0. The largest absolute Gasteiger partial charge is 0.373 e. The first-order valence-corrected chi connectivity index (χ1v) is 11.0. The molecule has 1 aliphatic carbocycles. The van der Waals surface area contributed by atoms with Gasteiger partial charge in [0.25, 0.3) is 0 Å². The first kappa shape index (κ1) is 24.0. The van der Waals surface area contributed by atoms with Crippen molar-refractivity contribution in [3.8, 4) is 0 Å². The molecule has 2 aromatic rings. The first-order chi connectivity index (χ1) is 15.1. The molecule has 3 unspecified atom stereocenters. The second-order valence-electron chi connectivity index (χ2n) is 9.35. The summed E-state index contributed by atoms with van der Waals surface area (Å²) in [6.07, 6.45) is 1.51. The van der Waals surface area contributed by atoms with Gasteiger partial charge in [0.2, 0.25) is 0 Å². The molecule has 1 saturated carbocycles. The number of carbonyl (C=O) groups is 2. The molecule has 3 atom stereocenters. The fourth-order valence-corrected chi connectivity index (χ4v) is 4.18. The SMILES string of the molecule is Cc1cc(C)cc(C(=O)OOC2CC(C)CCC2(C)OOC(=O)c2cc(C)cc(C)c2)c1. The monoisotopic (exact) mass is 440 g/mol. The maximum Gasteiger partial charge on any atom is 0.373 e. The average molecular weight is 441 g/mol. The Hall–Kier alpha value is -2.70. The second-order valence-corrected chi connectivity index (χ2v) is 9.35. The van der Waals surface area contributed by atoms with E-state index in [1.807, 2.05) is 46.8 Å². The van der Waals surface area contributed by atoms with Crippen LogP contribution in [0.3, 0.4) is 0 Å². The molecule has 2 aromatic carbocycles. The lowest BCUT2D eigenvalue weighted by molar-refractivity contribution is -0.388. The molecule has 6 heteroatoms. The summed E-state index contributed by atoms with van der Waals surface area (Å²) in [6, 6.07) is 11.0. The minimum absolute atomic E-state index is 0.353. The van der Waals surface area contributed by atoms with E-state index < -0.39 is 23.6 Å². The van der Waals surface area contributed by atoms with Gasteiger partial charge >= 0.3 is 11.9 Å². The highest BCUT2D eigenvalue weighted by molar-refractivity contribution is 5.90. The van der Waals surface area contributed by atoms with Gasteiger partial charge in [-0.1, -0.05) is 41.3 Å². The highest BCUT2D eigenvalue weighted by atomic mass is 17.2. The normalized spacial score (nSPS) is 22.9. The molecule has 0 radical (unpaired) electrons. The minimum atomic E-state index is -0.941. The number of aryl methyl sites for hydroxylation is 4. The zero-order chi connectivity index (χ0) is 23.5. The van der Waals surface area contributed by atoms with E-state index in [-0.39, 0.29) is 0 Å². The van der Waals surface area contributed by atoms with Crippen LogP contribution in [0, 0.1) is 33.6 Å². The van der Waals surface area contributed by atoms with E-state index in [1.165, 1.54) is 0 Å². The van der Waals surface area contributed by atoms with Crippen LogP contribution in [0.2, 0.25) is 0 Å². The number of benzene rings is 2. The summed E-state index contributed by atoms with van der Waals surface area (Å²) in [6.45, 7) is 11.6. The van der Waals surface area contributed by atoms with Crippen LogP contribution in [0.5, 0.6) is 0 Å². The van der Waals surface area contributed by atoms with Crippen LogP contribution in [0.15, 0.2) is 36.4 Å². The van der Waals surface area contributed by atoms with Crippen molar-refractivity contribution in [2.75, 3.05) is 0 Å². The molecule has 1 aliphatic rings. The lowest BCUT2D eigenvalue weighted by atomic mass is 9.78. The van der Waals surface area contributed by atoms with Gasteiger partial charge in [-0.15, -0.1) is 0 Å². The van der Waals surface area contributed by atoms with E-state index in [0.29, 0.717) is 29.9 Å². The number of hydrogen-bond acceptors (Lipinski definition) is 6. The van der Waals surface area contributed by atoms with Crippen LogP contribution in [-0.4, -0.2) is 23.6 Å². The Morgan fingerprint density at radius 2 is 1.28 bits per heavy atom. The number of carbonyl (C=O) groups excluding carboxylic acids is 2. The molecule has 0 bridgehead atoms. The van der Waals surface area contributed by atoms with Gasteiger partial charge in [-0.25, -0.2) is 9.59 Å². The number of hydrogen-bond donors (Lipinski definition) is 0. The van der Waals surface area contributed by atoms with Gasteiger partial charge in [-0.2, -0.15) is 9.78 Å². The predicted molar refractivity (Wildman–Crippen MR) is 120 cm³/mol. The minimum Gasteiger partial charge on any atom is -0.292 e. The van der Waals surface area contributed by atoms with E-state index in [4.69, 9.17) is 19.6 Å². The lowest BCUT2D eigenvalue weighted by Gasteiger charge is -2.39. The van der Waals surface area contributed by atoms with Gasteiger partial charge in [0, 0.05) is 0 Å². The highest BCUT2D eigenvalue weighted by Gasteiger charge is 2.45. The van der Waals surface area contributed by atoms with Gasteiger partial charge in [0.15, 0.2) is 0 Å². The maximum absolute atomic E-state index is 12.5. The Balaban J connectivity index is 1.66. The third-order valence-electron chi connectivity index (χ3n) is 5.89. The quantitative estimate of drug-likeness (QED) is 0.421. The Morgan fingerprint density at radius 3 is 1.78 bits per heavy atom. The van der Waals surface area contributed by atoms with Crippen molar-refractivity contribution in [1.82, 2.24) is 0 Å². The highest BCUT2D eigenvalue weighted by Crippen LogP contribution is 2.37. The second kappa shape index (κ2) is 9.84. The Kier molecular flexibility index (Phi) is 7.36. The van der Waals surface area contributed by atoms with Gasteiger partial charge in [-0.3, -0.25) is 9.78 Å². The van der Waals surface area contributed by atoms with Gasteiger partial charge in [0.05, 0.1) is 11.1 Å². The molecule has 6 nitrogen and oxygen atoms in total. The fourth-order valence-electron chi connectivity index (χ4n) is 4.18. The summed E-state index contributed by atoms with van der Waals surface area (Å²) in [5.41, 5.74) is 3.78. The Bertz CT molecular complexity index is 957. The Morgan fingerprint density at radius 1 is 0.812 bits per heavy atom. The van der Waals surface area contributed by atoms with E-state index >= 15 is 0 Å². The van der Waals surface area contributed by atoms with E-state index in [1.54, 1.807) is 24.3 Å². The lowest BCUT2D eigenvalue weighted by Crippen LogP contribution is -2.48. The molecule has 32 heavy (non-hydrogen) atoms. The molecule has 0 N–H and O–H groups in total. The van der Waals surface area contributed by atoms with Crippen LogP contribution < -0.4 is 0 Å². The standard InChI is InChI=1S/C26H32O6/c1-16-7-8-26(6,32-31-25(28)22-13-19(4)10-20(5)14-22)23(15-16)29-30-24(27)21-11-17(2)9-18(3)12-21/h9-14,16,23H,7-8,15H2,1-6H3. The summed E-state index contributed by atoms with van der Waals surface area (Å²) >= 11 is 0. The van der Waals surface area contributed by atoms with Crippen molar-refractivity contribution in [1.29, 1.82) is 0 Å². The van der Waals surface area contributed by atoms with Crippen molar-refractivity contribution in [3.63, 3.8) is 0 Å². The van der Waals surface area contributed by atoms with Crippen LogP contribution in [0.1, 0.15) is 76.1 Å². The van der Waals surface area contributed by atoms with E-state index in [0.717, 1.165) is 28.7 Å². The Labute approximate surface area is 189 Å². The molecule has 3 rings (SSSR count). The van der Waals surface area contributed by atoms with Crippen LogP contribution in [0.25, 0.3) is 0 Å². The first-order valence-electron chi connectivity index (χ1n) is 11.0. The van der Waals surface area contributed by atoms with Crippen molar-refractivity contribution in [2.45, 2.75) is 72.5 Å². The van der Waals surface area contributed by atoms with Gasteiger partial charge < -0.3 is 0 Å². The maximum atomic E-state index is 12.5. The zero-order valence-corrected chi connectivity index (χ0v) is 19.7. The van der Waals surface area contributed by atoms with Crippen molar-refractivity contribution < 1.29 is 29.1 Å². The van der Waals surface area contributed by atoms with Gasteiger partial charge in [-0.05, 0) is 84.1 Å². The summed E-state index contributed by atoms with van der Waals surface area (Å²) in [5.74, 6) is -0.779. The zero-order valence-electron chi connectivity index (χ0n) is 19.7. The molecular formula is C26H32O6. The number of rotatable bonds is 6. The molecule has 0 heterocycles. The summed E-state index contributed by atoms with van der Waals surface area (Å²) in [4.78, 5) is 46.7. The van der Waals surface area contributed by atoms with Gasteiger partial charge in [0.1, 0.15) is 11.7 Å². The summed E-state index contributed by atoms with van der Waals surface area (Å²) in [7, 11) is 0. The molecule has 0 aliphatic heterocycles. The fraction of sp³-hybridized carbons (Fsp3) is 0.462. The topological polar surface area (TPSA) is 71.1 Å². The smallest absolute Gasteiger partial charge is 0.292 e. The third kappa shape index (κ3) is 5.96. The van der Waals surface area contributed by atoms with Crippen LogP contribution in [0.4, 0.5) is 0 Å². The summed E-state index contributed by atoms with van der Waals surface area (Å²) in [5, 5.41) is 0. The third-order valence-corrected chi connectivity index (χ3v) is 5.89. The van der Waals surface area contributed by atoms with E-state index in [2.05, 4.69) is 6.92 Å². The molecule has 0 saturated heterocycles. The molecule has 0 amide bonds. The average Bonchev–Trinajstić information content (AvgIpc) is 2.71. The van der Waals surface area contributed by atoms with E-state index in [9.17, 15) is 9.59 Å². The van der Waals surface area contributed by atoms with Crippen molar-refractivity contribution >= 4 is 11.9 Å². The molecule has 172 valence electrons. The van der Waals surface area contributed by atoms with Crippen molar-refractivity contribution in [2.24, 2.45) is 5.92 Å². The van der Waals surface area contributed by atoms with Crippen molar-refractivity contribution in [3.05, 3.63) is 69.8 Å². The van der Waals surface area contributed by atoms with Crippen LogP contribution in [-0.2, 0) is 19.6 Å². The molecule has 1 fully saturated rings. The predicted octanol–water partition coefficient (Wildman–Crippen LogP) is 5.74. The molecular weight excluding hydrogens is 408 g/mol. The molecule has 0 aromatic heterocycles.